The molecule has 1 aromatic rings. The highest BCUT2D eigenvalue weighted by molar-refractivity contribution is 6.42. The quantitative estimate of drug-likeness (QED) is 0.812. The summed E-state index contributed by atoms with van der Waals surface area (Å²) in [5, 5.41) is 10.5. The van der Waals surface area contributed by atoms with E-state index in [9.17, 15) is 9.90 Å². The van der Waals surface area contributed by atoms with Crippen LogP contribution in [0.3, 0.4) is 0 Å². The van der Waals surface area contributed by atoms with Gasteiger partial charge in [0.25, 0.3) is 0 Å². The topological polar surface area (TPSA) is 75.8 Å². The number of halogens is 2. The monoisotopic (exact) mass is 388 g/mol. The normalized spacial score (nSPS) is 24.9. The van der Waals surface area contributed by atoms with Crippen molar-refractivity contribution in [3.63, 3.8) is 0 Å². The number of carbonyl (C=O) groups is 1. The van der Waals surface area contributed by atoms with Gasteiger partial charge >= 0.3 is 6.09 Å². The van der Waals surface area contributed by atoms with Crippen LogP contribution >= 0.6 is 23.2 Å². The highest BCUT2D eigenvalue weighted by Gasteiger charge is 2.39. The van der Waals surface area contributed by atoms with Crippen molar-refractivity contribution in [1.82, 2.24) is 4.90 Å². The molecule has 1 amide bonds. The van der Waals surface area contributed by atoms with Crippen molar-refractivity contribution < 1.29 is 14.6 Å². The minimum Gasteiger partial charge on any atom is -0.465 e. The standard InChI is InChI=1S/C18H26Cl2N2O3/c1-18(2,3)16-10-22(17(23)24)9-12(15(25-16)6-7-21)11-4-5-13(19)14(20)8-11/h4-5,8,12,15-16H,6-7,9-10,21H2,1-3H3,(H,23,24). The Labute approximate surface area is 159 Å². The summed E-state index contributed by atoms with van der Waals surface area (Å²) in [4.78, 5) is 13.2. The number of hydrogen-bond acceptors (Lipinski definition) is 3. The first-order valence-corrected chi connectivity index (χ1v) is 9.17. The van der Waals surface area contributed by atoms with Crippen LogP contribution in [0.25, 0.3) is 0 Å². The van der Waals surface area contributed by atoms with Gasteiger partial charge in [0.2, 0.25) is 0 Å². The predicted octanol–water partition coefficient (Wildman–Crippen LogP) is 4.22. The number of carboxylic acid groups (broad SMARTS) is 1. The van der Waals surface area contributed by atoms with Gasteiger partial charge in [-0.05, 0) is 36.1 Å². The van der Waals surface area contributed by atoms with Gasteiger partial charge < -0.3 is 20.5 Å². The molecule has 1 saturated heterocycles. The molecule has 3 N–H and O–H groups in total. The molecule has 1 fully saturated rings. The first kappa shape index (κ1) is 20.3. The minimum atomic E-state index is -0.948. The number of rotatable bonds is 3. The molecule has 3 unspecified atom stereocenters. The van der Waals surface area contributed by atoms with E-state index in [4.69, 9.17) is 33.7 Å². The van der Waals surface area contributed by atoms with E-state index in [1.165, 1.54) is 4.90 Å². The van der Waals surface area contributed by atoms with Gasteiger partial charge in [-0.25, -0.2) is 4.79 Å². The van der Waals surface area contributed by atoms with Crippen LogP contribution in [0.4, 0.5) is 4.79 Å². The average Bonchev–Trinajstić information content (AvgIpc) is 2.70. The van der Waals surface area contributed by atoms with Gasteiger partial charge in [0.1, 0.15) is 0 Å². The van der Waals surface area contributed by atoms with Gasteiger partial charge in [-0.2, -0.15) is 0 Å². The zero-order chi connectivity index (χ0) is 18.8. The summed E-state index contributed by atoms with van der Waals surface area (Å²) in [6.07, 6.45) is -0.703. The molecule has 5 nitrogen and oxygen atoms in total. The fourth-order valence-electron chi connectivity index (χ4n) is 3.11. The van der Waals surface area contributed by atoms with Crippen molar-refractivity contribution >= 4 is 29.3 Å². The minimum absolute atomic E-state index is 0.151. The first-order chi connectivity index (χ1) is 11.6. The second-order valence-corrected chi connectivity index (χ2v) is 8.39. The number of hydrogen-bond donors (Lipinski definition) is 2. The Morgan fingerprint density at radius 2 is 2.00 bits per heavy atom. The van der Waals surface area contributed by atoms with Crippen LogP contribution in [0.5, 0.6) is 0 Å². The summed E-state index contributed by atoms with van der Waals surface area (Å²) < 4.78 is 6.37. The molecule has 0 spiro atoms. The van der Waals surface area contributed by atoms with Crippen LogP contribution in [0.15, 0.2) is 18.2 Å². The first-order valence-electron chi connectivity index (χ1n) is 8.41. The Hall–Kier alpha value is -1.01. The molecule has 140 valence electrons. The van der Waals surface area contributed by atoms with Gasteiger partial charge in [-0.15, -0.1) is 0 Å². The van der Waals surface area contributed by atoms with Crippen molar-refractivity contribution in [2.24, 2.45) is 11.1 Å². The predicted molar refractivity (Wildman–Crippen MR) is 101 cm³/mol. The molecule has 7 heteroatoms. The van der Waals surface area contributed by atoms with Crippen molar-refractivity contribution in [3.05, 3.63) is 33.8 Å². The van der Waals surface area contributed by atoms with Crippen molar-refractivity contribution in [2.45, 2.75) is 45.3 Å². The molecule has 0 aromatic heterocycles. The molecule has 25 heavy (non-hydrogen) atoms. The maximum absolute atomic E-state index is 11.7. The summed E-state index contributed by atoms with van der Waals surface area (Å²) in [7, 11) is 0. The second kappa shape index (κ2) is 8.12. The summed E-state index contributed by atoms with van der Waals surface area (Å²) >= 11 is 12.2. The fourth-order valence-corrected chi connectivity index (χ4v) is 3.42. The van der Waals surface area contributed by atoms with Gasteiger partial charge in [0.15, 0.2) is 0 Å². The Balaban J connectivity index is 2.42. The number of benzene rings is 1. The number of amides is 1. The third-order valence-electron chi connectivity index (χ3n) is 4.65. The average molecular weight is 389 g/mol. The fraction of sp³-hybridized carbons (Fsp3) is 0.611. The highest BCUT2D eigenvalue weighted by Crippen LogP contribution is 2.36. The van der Waals surface area contributed by atoms with E-state index in [2.05, 4.69) is 20.8 Å². The Morgan fingerprint density at radius 1 is 1.32 bits per heavy atom. The largest absolute Gasteiger partial charge is 0.465 e. The van der Waals surface area contributed by atoms with Crippen molar-refractivity contribution in [2.75, 3.05) is 19.6 Å². The molecule has 2 rings (SSSR count). The van der Waals surface area contributed by atoms with Crippen LogP contribution in [-0.4, -0.2) is 47.9 Å². The van der Waals surface area contributed by atoms with Gasteiger partial charge in [0.05, 0.1) is 28.8 Å². The third kappa shape index (κ3) is 5.00. The molecule has 1 aliphatic rings. The smallest absolute Gasteiger partial charge is 0.407 e. The van der Waals surface area contributed by atoms with Gasteiger partial charge in [-0.3, -0.25) is 0 Å². The zero-order valence-electron chi connectivity index (χ0n) is 14.8. The summed E-state index contributed by atoms with van der Waals surface area (Å²) in [6, 6.07) is 5.40. The molecule has 0 aliphatic carbocycles. The molecular formula is C18H26Cl2N2O3. The highest BCUT2D eigenvalue weighted by atomic mass is 35.5. The third-order valence-corrected chi connectivity index (χ3v) is 5.39. The summed E-state index contributed by atoms with van der Waals surface area (Å²) in [6.45, 7) is 7.29. The van der Waals surface area contributed by atoms with Crippen LogP contribution in [-0.2, 0) is 4.74 Å². The molecule has 0 saturated carbocycles. The molecule has 1 aromatic carbocycles. The molecule has 1 aliphatic heterocycles. The lowest BCUT2D eigenvalue weighted by Crippen LogP contribution is -2.42. The Morgan fingerprint density at radius 3 is 2.52 bits per heavy atom. The van der Waals surface area contributed by atoms with E-state index < -0.39 is 6.09 Å². The number of nitrogens with zero attached hydrogens (tertiary/aromatic N) is 1. The zero-order valence-corrected chi connectivity index (χ0v) is 16.3. The van der Waals surface area contributed by atoms with E-state index >= 15 is 0 Å². The van der Waals surface area contributed by atoms with Crippen molar-refractivity contribution in [3.8, 4) is 0 Å². The molecule has 3 atom stereocenters. The Kier molecular flexibility index (Phi) is 6.60. The molecule has 1 heterocycles. The Bertz CT molecular complexity index is 619. The lowest BCUT2D eigenvalue weighted by atomic mass is 9.88. The molecule has 0 bridgehead atoms. The number of ether oxygens (including phenoxy) is 1. The molecule has 0 radical (unpaired) electrons. The van der Waals surface area contributed by atoms with E-state index in [1.807, 2.05) is 6.07 Å². The second-order valence-electron chi connectivity index (χ2n) is 7.57. The van der Waals surface area contributed by atoms with Crippen LogP contribution in [0, 0.1) is 5.41 Å². The molecular weight excluding hydrogens is 363 g/mol. The van der Waals surface area contributed by atoms with E-state index in [-0.39, 0.29) is 23.5 Å². The van der Waals surface area contributed by atoms with E-state index in [0.717, 1.165) is 5.56 Å². The lowest BCUT2D eigenvalue weighted by Gasteiger charge is -2.34. The van der Waals surface area contributed by atoms with Gasteiger partial charge in [0, 0.05) is 12.5 Å². The van der Waals surface area contributed by atoms with Crippen LogP contribution in [0.1, 0.15) is 38.7 Å². The SMILES string of the molecule is CC(C)(C)C1CN(C(=O)O)CC(c2ccc(Cl)c(Cl)c2)C(CCN)O1. The van der Waals surface area contributed by atoms with Crippen LogP contribution < -0.4 is 5.73 Å². The van der Waals surface area contributed by atoms with E-state index in [1.54, 1.807) is 12.1 Å². The summed E-state index contributed by atoms with van der Waals surface area (Å²) in [5.74, 6) is -0.151. The van der Waals surface area contributed by atoms with Gasteiger partial charge in [-0.1, -0.05) is 50.0 Å². The van der Waals surface area contributed by atoms with E-state index in [0.29, 0.717) is 36.1 Å². The maximum atomic E-state index is 11.7. The maximum Gasteiger partial charge on any atom is 0.407 e. The lowest BCUT2D eigenvalue weighted by molar-refractivity contribution is -0.0677. The number of nitrogens with two attached hydrogens (primary N) is 1. The van der Waals surface area contributed by atoms with Crippen molar-refractivity contribution in [1.29, 1.82) is 0 Å². The van der Waals surface area contributed by atoms with Crippen LogP contribution in [0.2, 0.25) is 10.0 Å². The summed E-state index contributed by atoms with van der Waals surface area (Å²) in [5.41, 5.74) is 6.52.